The van der Waals surface area contributed by atoms with Gasteiger partial charge < -0.3 is 9.84 Å². The molecule has 0 radical (unpaired) electrons. The molecule has 0 aliphatic carbocycles. The number of rotatable bonds is 5. The normalized spacial score (nSPS) is 12.9. The van der Waals surface area contributed by atoms with Gasteiger partial charge in [0.1, 0.15) is 10.6 Å². The number of aliphatic hydroxyl groups is 1. The van der Waals surface area contributed by atoms with Crippen LogP contribution in [0.15, 0.2) is 53.4 Å². The Hall–Kier alpha value is -1.85. The van der Waals surface area contributed by atoms with Crippen LogP contribution in [0.4, 0.5) is 0 Å². The van der Waals surface area contributed by atoms with Crippen LogP contribution < -0.4 is 4.74 Å². The van der Waals surface area contributed by atoms with Gasteiger partial charge in [-0.15, -0.1) is 0 Å². The molecule has 0 aliphatic heterocycles. The number of hydrogen-bond donors (Lipinski definition) is 1. The third-order valence-corrected chi connectivity index (χ3v) is 5.09. The standard InChI is InChI=1S/C16H18O4S/c1-12-7-3-4-8-13(12)14(17)11-21(18,19)16-10-6-5-9-15(16)20-2/h3-10,14,17H,11H2,1-2H3. The van der Waals surface area contributed by atoms with Crippen LogP contribution in [0.2, 0.25) is 0 Å². The van der Waals surface area contributed by atoms with Crippen molar-refractivity contribution in [1.82, 2.24) is 0 Å². The van der Waals surface area contributed by atoms with E-state index in [1.807, 2.05) is 19.1 Å². The monoisotopic (exact) mass is 306 g/mol. The highest BCUT2D eigenvalue weighted by Crippen LogP contribution is 2.27. The van der Waals surface area contributed by atoms with Gasteiger partial charge in [0.05, 0.1) is 19.0 Å². The zero-order valence-corrected chi connectivity index (χ0v) is 12.8. The topological polar surface area (TPSA) is 63.6 Å². The van der Waals surface area contributed by atoms with Gasteiger partial charge in [0.25, 0.3) is 0 Å². The first kappa shape index (κ1) is 15.5. The average Bonchev–Trinajstić information content (AvgIpc) is 2.47. The van der Waals surface area contributed by atoms with Gasteiger partial charge in [-0.1, -0.05) is 36.4 Å². The van der Waals surface area contributed by atoms with Crippen LogP contribution in [0.25, 0.3) is 0 Å². The summed E-state index contributed by atoms with van der Waals surface area (Å²) in [6, 6.07) is 13.6. The molecule has 0 fully saturated rings. The summed E-state index contributed by atoms with van der Waals surface area (Å²) >= 11 is 0. The van der Waals surface area contributed by atoms with Crippen LogP contribution in [-0.2, 0) is 9.84 Å². The molecule has 0 aliphatic rings. The highest BCUT2D eigenvalue weighted by atomic mass is 32.2. The number of para-hydroxylation sites is 1. The number of sulfone groups is 1. The lowest BCUT2D eigenvalue weighted by Crippen LogP contribution is -2.16. The lowest BCUT2D eigenvalue weighted by molar-refractivity contribution is 0.201. The van der Waals surface area contributed by atoms with Crippen LogP contribution in [-0.4, -0.2) is 26.4 Å². The van der Waals surface area contributed by atoms with Gasteiger partial charge in [-0.05, 0) is 30.2 Å². The first-order valence-electron chi connectivity index (χ1n) is 6.55. The van der Waals surface area contributed by atoms with E-state index >= 15 is 0 Å². The number of benzene rings is 2. The molecule has 112 valence electrons. The smallest absolute Gasteiger partial charge is 0.184 e. The SMILES string of the molecule is COc1ccccc1S(=O)(=O)CC(O)c1ccccc1C. The number of aryl methyl sites for hydroxylation is 1. The summed E-state index contributed by atoms with van der Waals surface area (Å²) in [5.74, 6) is -0.0902. The van der Waals surface area contributed by atoms with Crippen LogP contribution in [0.3, 0.4) is 0 Å². The Bertz CT molecular complexity index is 723. The van der Waals surface area contributed by atoms with Crippen molar-refractivity contribution < 1.29 is 18.3 Å². The van der Waals surface area contributed by atoms with Gasteiger partial charge in [0.15, 0.2) is 9.84 Å². The summed E-state index contributed by atoms with van der Waals surface area (Å²) in [5.41, 5.74) is 1.48. The minimum atomic E-state index is -3.64. The van der Waals surface area contributed by atoms with Crippen molar-refractivity contribution in [1.29, 1.82) is 0 Å². The van der Waals surface area contributed by atoms with Crippen molar-refractivity contribution in [3.8, 4) is 5.75 Å². The maximum absolute atomic E-state index is 12.5. The molecule has 4 nitrogen and oxygen atoms in total. The maximum Gasteiger partial charge on any atom is 0.184 e. The van der Waals surface area contributed by atoms with Crippen LogP contribution in [0.5, 0.6) is 5.75 Å². The van der Waals surface area contributed by atoms with E-state index in [1.165, 1.54) is 13.2 Å². The molecule has 0 aromatic heterocycles. The van der Waals surface area contributed by atoms with E-state index in [2.05, 4.69) is 0 Å². The van der Waals surface area contributed by atoms with Crippen molar-refractivity contribution in [2.24, 2.45) is 0 Å². The van der Waals surface area contributed by atoms with E-state index in [1.54, 1.807) is 30.3 Å². The van der Waals surface area contributed by atoms with E-state index in [0.717, 1.165) is 5.56 Å². The Morgan fingerprint density at radius 1 is 1.10 bits per heavy atom. The third kappa shape index (κ3) is 3.43. The highest BCUT2D eigenvalue weighted by molar-refractivity contribution is 7.91. The number of aliphatic hydroxyl groups excluding tert-OH is 1. The summed E-state index contributed by atoms with van der Waals surface area (Å²) in [7, 11) is -2.22. The van der Waals surface area contributed by atoms with E-state index < -0.39 is 15.9 Å². The lowest BCUT2D eigenvalue weighted by Gasteiger charge is -2.15. The van der Waals surface area contributed by atoms with Gasteiger partial charge in [0.2, 0.25) is 0 Å². The Kier molecular flexibility index (Phi) is 4.65. The Morgan fingerprint density at radius 2 is 1.71 bits per heavy atom. The van der Waals surface area contributed by atoms with Crippen molar-refractivity contribution in [3.05, 3.63) is 59.7 Å². The molecule has 0 bridgehead atoms. The van der Waals surface area contributed by atoms with Crippen LogP contribution in [0.1, 0.15) is 17.2 Å². The first-order valence-corrected chi connectivity index (χ1v) is 8.20. The van der Waals surface area contributed by atoms with Crippen LogP contribution in [0, 0.1) is 6.92 Å². The molecule has 1 atom stereocenters. The molecule has 0 saturated carbocycles. The minimum absolute atomic E-state index is 0.0973. The zero-order valence-electron chi connectivity index (χ0n) is 12.0. The summed E-state index contributed by atoms with van der Waals surface area (Å²) in [6.45, 7) is 1.84. The lowest BCUT2D eigenvalue weighted by atomic mass is 10.1. The molecule has 5 heteroatoms. The van der Waals surface area contributed by atoms with E-state index in [4.69, 9.17) is 4.74 Å². The molecule has 0 amide bonds. The fourth-order valence-electron chi connectivity index (χ4n) is 2.22. The zero-order chi connectivity index (χ0) is 15.5. The summed E-state index contributed by atoms with van der Waals surface area (Å²) in [6.07, 6.45) is -1.07. The van der Waals surface area contributed by atoms with Gasteiger partial charge in [-0.2, -0.15) is 0 Å². The molecular formula is C16H18O4S. The van der Waals surface area contributed by atoms with Crippen molar-refractivity contribution >= 4 is 9.84 Å². The second-order valence-corrected chi connectivity index (χ2v) is 6.81. The Labute approximate surface area is 124 Å². The predicted molar refractivity (Wildman–Crippen MR) is 81.2 cm³/mol. The molecule has 0 spiro atoms. The van der Waals surface area contributed by atoms with Crippen molar-refractivity contribution in [2.45, 2.75) is 17.9 Å². The minimum Gasteiger partial charge on any atom is -0.495 e. The van der Waals surface area contributed by atoms with Gasteiger partial charge in [-0.25, -0.2) is 8.42 Å². The molecule has 0 saturated heterocycles. The third-order valence-electron chi connectivity index (χ3n) is 3.33. The second-order valence-electron chi connectivity index (χ2n) is 4.80. The summed E-state index contributed by atoms with van der Waals surface area (Å²) in [4.78, 5) is 0.0973. The average molecular weight is 306 g/mol. The van der Waals surface area contributed by atoms with Gasteiger partial charge in [-0.3, -0.25) is 0 Å². The molecule has 0 heterocycles. The predicted octanol–water partition coefficient (Wildman–Crippen LogP) is 2.51. The van der Waals surface area contributed by atoms with E-state index in [9.17, 15) is 13.5 Å². The molecular weight excluding hydrogens is 288 g/mol. The number of ether oxygens (including phenoxy) is 1. The fourth-order valence-corrected chi connectivity index (χ4v) is 3.74. The molecule has 1 N–H and O–H groups in total. The molecule has 2 aromatic carbocycles. The Balaban J connectivity index is 2.32. The fraction of sp³-hybridized carbons (Fsp3) is 0.250. The first-order chi connectivity index (χ1) is 9.95. The maximum atomic E-state index is 12.5. The summed E-state index contributed by atoms with van der Waals surface area (Å²) < 4.78 is 30.0. The highest BCUT2D eigenvalue weighted by Gasteiger charge is 2.24. The van der Waals surface area contributed by atoms with Gasteiger partial charge in [0, 0.05) is 0 Å². The quantitative estimate of drug-likeness (QED) is 0.922. The molecule has 2 aromatic rings. The number of methoxy groups -OCH3 is 1. The van der Waals surface area contributed by atoms with Crippen molar-refractivity contribution in [2.75, 3.05) is 12.9 Å². The van der Waals surface area contributed by atoms with Crippen molar-refractivity contribution in [3.63, 3.8) is 0 Å². The van der Waals surface area contributed by atoms with Crippen LogP contribution >= 0.6 is 0 Å². The Morgan fingerprint density at radius 3 is 2.38 bits per heavy atom. The largest absolute Gasteiger partial charge is 0.495 e. The van der Waals surface area contributed by atoms with E-state index in [-0.39, 0.29) is 16.4 Å². The molecule has 1 unspecified atom stereocenters. The summed E-state index contributed by atoms with van der Waals surface area (Å²) in [5, 5.41) is 10.2. The van der Waals surface area contributed by atoms with E-state index in [0.29, 0.717) is 5.56 Å². The number of hydrogen-bond acceptors (Lipinski definition) is 4. The molecule has 2 rings (SSSR count). The second kappa shape index (κ2) is 6.28. The van der Waals surface area contributed by atoms with Gasteiger partial charge >= 0.3 is 0 Å². The molecule has 21 heavy (non-hydrogen) atoms.